The highest BCUT2D eigenvalue weighted by atomic mass is 79.9. The summed E-state index contributed by atoms with van der Waals surface area (Å²) in [6, 6.07) is 4.73. The van der Waals surface area contributed by atoms with Crippen LogP contribution in [-0.2, 0) is 4.79 Å². The summed E-state index contributed by atoms with van der Waals surface area (Å²) in [4.78, 5) is 22.5. The summed E-state index contributed by atoms with van der Waals surface area (Å²) in [6.07, 6.45) is 1.25. The van der Waals surface area contributed by atoms with Crippen LogP contribution in [0.5, 0.6) is 0 Å². The third-order valence-electron chi connectivity index (χ3n) is 2.43. The van der Waals surface area contributed by atoms with Gasteiger partial charge in [0.1, 0.15) is 0 Å². The normalized spacial score (nSPS) is 10.4. The van der Waals surface area contributed by atoms with Gasteiger partial charge in [0.2, 0.25) is 5.91 Å². The van der Waals surface area contributed by atoms with E-state index in [-0.39, 0.29) is 11.5 Å². The zero-order valence-electron chi connectivity index (χ0n) is 10.4. The summed E-state index contributed by atoms with van der Waals surface area (Å²) in [7, 11) is 0. The third-order valence-corrected chi connectivity index (χ3v) is 3.12. The number of anilines is 1. The zero-order valence-corrected chi connectivity index (χ0v) is 12.0. The summed E-state index contributed by atoms with van der Waals surface area (Å²) in [5, 5.41) is 11.7. The number of aromatic carboxylic acids is 1. The van der Waals surface area contributed by atoms with Gasteiger partial charge < -0.3 is 10.4 Å². The number of carbonyl (C=O) groups excluding carboxylic acids is 1. The number of nitrogens with one attached hydrogen (secondary N) is 1. The van der Waals surface area contributed by atoms with Gasteiger partial charge in [-0.25, -0.2) is 4.79 Å². The Kier molecular flexibility index (Phi) is 5.34. The molecule has 2 N–H and O–H groups in total. The highest BCUT2D eigenvalue weighted by Gasteiger charge is 2.10. The Morgan fingerprint density at radius 2 is 2.06 bits per heavy atom. The third kappa shape index (κ3) is 4.49. The number of rotatable bonds is 5. The van der Waals surface area contributed by atoms with Gasteiger partial charge in [-0.05, 0) is 46.5 Å². The fraction of sp³-hybridized carbons (Fsp3) is 0.385. The van der Waals surface area contributed by atoms with Crippen LogP contribution in [0.25, 0.3) is 0 Å². The molecule has 0 aromatic heterocycles. The average Bonchev–Trinajstić information content (AvgIpc) is 2.28. The van der Waals surface area contributed by atoms with Gasteiger partial charge >= 0.3 is 5.97 Å². The molecule has 0 fully saturated rings. The summed E-state index contributed by atoms with van der Waals surface area (Å²) >= 11 is 3.15. The minimum Gasteiger partial charge on any atom is -0.478 e. The van der Waals surface area contributed by atoms with Crippen LogP contribution in [0.15, 0.2) is 22.7 Å². The van der Waals surface area contributed by atoms with Crippen molar-refractivity contribution in [2.45, 2.75) is 26.7 Å². The number of hydrogen-bond donors (Lipinski definition) is 2. The fourth-order valence-corrected chi connectivity index (χ4v) is 1.83. The first-order chi connectivity index (χ1) is 8.40. The molecule has 0 spiro atoms. The summed E-state index contributed by atoms with van der Waals surface area (Å²) in [5.41, 5.74) is 0.640. The highest BCUT2D eigenvalue weighted by molar-refractivity contribution is 9.10. The van der Waals surface area contributed by atoms with Crippen molar-refractivity contribution < 1.29 is 14.7 Å². The minimum atomic E-state index is -1.03. The zero-order chi connectivity index (χ0) is 13.7. The van der Waals surface area contributed by atoms with Crippen LogP contribution < -0.4 is 5.32 Å². The van der Waals surface area contributed by atoms with Gasteiger partial charge in [-0.3, -0.25) is 4.79 Å². The Balaban J connectivity index is 2.70. The fourth-order valence-electron chi connectivity index (χ4n) is 1.41. The second-order valence-electron chi connectivity index (χ2n) is 4.48. The molecule has 1 aromatic rings. The quantitative estimate of drug-likeness (QED) is 0.874. The molecule has 5 heteroatoms. The van der Waals surface area contributed by atoms with Crippen LogP contribution in [0.2, 0.25) is 0 Å². The van der Waals surface area contributed by atoms with Crippen LogP contribution in [0.4, 0.5) is 5.69 Å². The molecule has 18 heavy (non-hydrogen) atoms. The highest BCUT2D eigenvalue weighted by Crippen LogP contribution is 2.21. The molecular weight excluding hydrogens is 298 g/mol. The molecule has 0 aliphatic carbocycles. The summed E-state index contributed by atoms with van der Waals surface area (Å²) in [5.74, 6) is -0.655. The van der Waals surface area contributed by atoms with Crippen molar-refractivity contribution in [3.63, 3.8) is 0 Å². The molecule has 1 rings (SSSR count). The van der Waals surface area contributed by atoms with Gasteiger partial charge in [-0.2, -0.15) is 0 Å². The smallest absolute Gasteiger partial charge is 0.336 e. The van der Waals surface area contributed by atoms with Crippen LogP contribution in [0, 0.1) is 5.92 Å². The topological polar surface area (TPSA) is 66.4 Å². The van der Waals surface area contributed by atoms with Crippen molar-refractivity contribution in [3.8, 4) is 0 Å². The van der Waals surface area contributed by atoms with Crippen molar-refractivity contribution in [2.75, 3.05) is 5.32 Å². The minimum absolute atomic E-state index is 0.0950. The molecule has 1 amide bonds. The van der Waals surface area contributed by atoms with E-state index in [1.165, 1.54) is 6.07 Å². The van der Waals surface area contributed by atoms with Crippen molar-refractivity contribution in [1.29, 1.82) is 0 Å². The lowest BCUT2D eigenvalue weighted by molar-refractivity contribution is -0.116. The molecule has 0 saturated carbocycles. The van der Waals surface area contributed by atoms with Crippen LogP contribution in [-0.4, -0.2) is 17.0 Å². The first-order valence-corrected chi connectivity index (χ1v) is 6.52. The number of carbonyl (C=O) groups is 2. The van der Waals surface area contributed by atoms with E-state index < -0.39 is 5.97 Å². The Bertz CT molecular complexity index is 458. The monoisotopic (exact) mass is 313 g/mol. The molecule has 0 aliphatic heterocycles. The van der Waals surface area contributed by atoms with E-state index >= 15 is 0 Å². The predicted molar refractivity (Wildman–Crippen MR) is 73.8 cm³/mol. The lowest BCUT2D eigenvalue weighted by Gasteiger charge is -2.08. The van der Waals surface area contributed by atoms with Gasteiger partial charge in [0.05, 0.1) is 5.56 Å². The first-order valence-electron chi connectivity index (χ1n) is 5.73. The summed E-state index contributed by atoms with van der Waals surface area (Å²) < 4.78 is 0.496. The molecule has 0 aliphatic rings. The summed E-state index contributed by atoms with van der Waals surface area (Å²) in [6.45, 7) is 4.10. The molecule has 1 aromatic carbocycles. The second-order valence-corrected chi connectivity index (χ2v) is 5.33. The number of carboxylic acid groups (broad SMARTS) is 1. The number of benzene rings is 1. The van der Waals surface area contributed by atoms with Gasteiger partial charge in [0.15, 0.2) is 0 Å². The molecule has 0 bridgehead atoms. The Morgan fingerprint density at radius 1 is 1.39 bits per heavy atom. The molecule has 0 atom stereocenters. The van der Waals surface area contributed by atoms with E-state index in [2.05, 4.69) is 35.1 Å². The Morgan fingerprint density at radius 3 is 2.61 bits per heavy atom. The lowest BCUT2D eigenvalue weighted by Crippen LogP contribution is -2.12. The maximum atomic E-state index is 11.6. The lowest BCUT2D eigenvalue weighted by atomic mass is 10.1. The van der Waals surface area contributed by atoms with Gasteiger partial charge in [-0.1, -0.05) is 13.8 Å². The van der Waals surface area contributed by atoms with Crippen molar-refractivity contribution >= 4 is 33.5 Å². The molecule has 98 valence electrons. The van der Waals surface area contributed by atoms with E-state index in [4.69, 9.17) is 5.11 Å². The number of amides is 1. The van der Waals surface area contributed by atoms with Crippen molar-refractivity contribution in [3.05, 3.63) is 28.2 Å². The van der Waals surface area contributed by atoms with Crippen LogP contribution in [0.1, 0.15) is 37.0 Å². The van der Waals surface area contributed by atoms with Gasteiger partial charge in [-0.15, -0.1) is 0 Å². The van der Waals surface area contributed by atoms with E-state index in [0.29, 0.717) is 22.5 Å². The van der Waals surface area contributed by atoms with E-state index in [1.54, 1.807) is 12.1 Å². The molecular formula is C13H16BrNO3. The maximum Gasteiger partial charge on any atom is 0.336 e. The molecule has 0 unspecified atom stereocenters. The van der Waals surface area contributed by atoms with E-state index in [1.807, 2.05) is 0 Å². The van der Waals surface area contributed by atoms with Crippen LogP contribution >= 0.6 is 15.9 Å². The molecule has 0 saturated heterocycles. The van der Waals surface area contributed by atoms with Gasteiger partial charge in [0, 0.05) is 16.6 Å². The first kappa shape index (κ1) is 14.7. The van der Waals surface area contributed by atoms with E-state index in [9.17, 15) is 9.59 Å². The molecule has 0 heterocycles. The Hall–Kier alpha value is -1.36. The molecule has 0 radical (unpaired) electrons. The number of hydrogen-bond acceptors (Lipinski definition) is 2. The largest absolute Gasteiger partial charge is 0.478 e. The second kappa shape index (κ2) is 6.54. The molecule has 4 nitrogen and oxygen atoms in total. The van der Waals surface area contributed by atoms with E-state index in [0.717, 1.165) is 6.42 Å². The number of halogens is 1. The number of carboxylic acids is 1. The standard InChI is InChI=1S/C13H16BrNO3/c1-8(2)3-6-12(16)15-9-4-5-11(14)10(7-9)13(17)18/h4-5,7-8H,3,6H2,1-2H3,(H,15,16)(H,17,18). The van der Waals surface area contributed by atoms with Gasteiger partial charge in [0.25, 0.3) is 0 Å². The Labute approximate surface area is 115 Å². The van der Waals surface area contributed by atoms with Crippen LogP contribution in [0.3, 0.4) is 0 Å². The SMILES string of the molecule is CC(C)CCC(=O)Nc1ccc(Br)c(C(=O)O)c1. The average molecular weight is 314 g/mol. The predicted octanol–water partition coefficient (Wildman–Crippen LogP) is 3.52. The maximum absolute atomic E-state index is 11.6. The van der Waals surface area contributed by atoms with Crippen molar-refractivity contribution in [2.24, 2.45) is 5.92 Å². The van der Waals surface area contributed by atoms with Crippen molar-refractivity contribution in [1.82, 2.24) is 0 Å².